The minimum Gasteiger partial charge on any atom is -0.385 e. The van der Waals surface area contributed by atoms with E-state index in [0.29, 0.717) is 37.0 Å². The molecule has 3 aliphatic rings. The number of imide groups is 2. The van der Waals surface area contributed by atoms with E-state index in [1.165, 1.54) is 11.8 Å². The zero-order valence-corrected chi connectivity index (χ0v) is 34.2. The number of piperazine rings is 1. The predicted molar refractivity (Wildman–Crippen MR) is 214 cm³/mol. The number of nitrogens with two attached hydrogens (primary N) is 1. The molecule has 0 spiro atoms. The fraction of sp³-hybridized carbons (Fsp3) is 0.421. The summed E-state index contributed by atoms with van der Waals surface area (Å²) in [6, 6.07) is 15.1. The number of rotatable bonds is 17. The number of piperidine rings is 1. The first-order chi connectivity index (χ1) is 27.9. The van der Waals surface area contributed by atoms with Crippen molar-refractivity contribution in [3.05, 3.63) is 77.9 Å². The number of nitrogens with one attached hydrogen (secondary N) is 3. The van der Waals surface area contributed by atoms with Crippen LogP contribution in [0.5, 0.6) is 0 Å². The van der Waals surface area contributed by atoms with Gasteiger partial charge >= 0.3 is 5.51 Å². The summed E-state index contributed by atoms with van der Waals surface area (Å²) in [4.78, 5) is 54.4. The molecular weight excluding hydrogens is 836 g/mol. The number of benzene rings is 3. The first-order valence-corrected chi connectivity index (χ1v) is 22.9. The lowest BCUT2D eigenvalue weighted by Gasteiger charge is -2.35. The number of halogens is 3. The van der Waals surface area contributed by atoms with Crippen LogP contribution in [0.4, 0.5) is 24.5 Å². The fourth-order valence-electron chi connectivity index (χ4n) is 7.13. The maximum Gasteiger partial charge on any atom is 0.501 e. The Kier molecular flexibility index (Phi) is 13.7. The maximum atomic E-state index is 13.7. The third kappa shape index (κ3) is 10.6. The van der Waals surface area contributed by atoms with Crippen molar-refractivity contribution in [1.82, 2.24) is 20.0 Å². The number of primary sulfonamides is 1. The number of hydrogen-bond donors (Lipinski definition) is 4. The highest BCUT2D eigenvalue weighted by atomic mass is 32.2. The number of amides is 4. The van der Waals surface area contributed by atoms with Crippen LogP contribution < -0.4 is 21.1 Å². The van der Waals surface area contributed by atoms with Gasteiger partial charge < -0.3 is 20.4 Å². The molecule has 3 heterocycles. The van der Waals surface area contributed by atoms with Gasteiger partial charge in [-0.25, -0.2) is 22.0 Å². The largest absolute Gasteiger partial charge is 0.501 e. The first-order valence-electron chi connectivity index (χ1n) is 18.9. The summed E-state index contributed by atoms with van der Waals surface area (Å²) in [6.45, 7) is 5.09. The molecular formula is C38H44F3N7O8S3. The lowest BCUT2D eigenvalue weighted by molar-refractivity contribution is -0.136. The summed E-state index contributed by atoms with van der Waals surface area (Å²) in [5, 5.41) is 13.6. The number of fused-ring (bicyclic) bond motifs is 1. The van der Waals surface area contributed by atoms with E-state index in [1.54, 1.807) is 18.2 Å². The monoisotopic (exact) mass is 879 g/mol. The first kappa shape index (κ1) is 44.0. The second-order valence-electron chi connectivity index (χ2n) is 14.4. The molecule has 2 atom stereocenters. The fourth-order valence-corrected chi connectivity index (χ4v) is 9.68. The number of unbranched alkanes of at least 4 members (excludes halogenated alkanes) is 1. The summed E-state index contributed by atoms with van der Waals surface area (Å²) >= 11 is 1.45. The quantitative estimate of drug-likeness (QED) is 0.0872. The van der Waals surface area contributed by atoms with E-state index in [9.17, 15) is 49.2 Å². The van der Waals surface area contributed by atoms with Gasteiger partial charge in [-0.2, -0.15) is 13.2 Å². The van der Waals surface area contributed by atoms with Crippen molar-refractivity contribution in [3.63, 3.8) is 0 Å². The van der Waals surface area contributed by atoms with Gasteiger partial charge in [-0.05, 0) is 80.8 Å². The zero-order chi connectivity index (χ0) is 42.5. The van der Waals surface area contributed by atoms with Crippen LogP contribution in [0.2, 0.25) is 0 Å². The van der Waals surface area contributed by atoms with Gasteiger partial charge in [0.15, 0.2) is 0 Å². The minimum atomic E-state index is -5.94. The highest BCUT2D eigenvalue weighted by molar-refractivity contribution is 7.99. The van der Waals surface area contributed by atoms with E-state index < -0.39 is 70.9 Å². The van der Waals surface area contributed by atoms with Gasteiger partial charge in [0.2, 0.25) is 21.8 Å². The van der Waals surface area contributed by atoms with Crippen LogP contribution in [0.3, 0.4) is 0 Å². The highest BCUT2D eigenvalue weighted by Crippen LogP contribution is 2.37. The second kappa shape index (κ2) is 18.4. The van der Waals surface area contributed by atoms with E-state index in [-0.39, 0.29) is 29.7 Å². The number of carbonyl (C=O) groups is 4. The predicted octanol–water partition coefficient (Wildman–Crippen LogP) is 3.50. The molecule has 15 nitrogen and oxygen atoms in total. The van der Waals surface area contributed by atoms with Gasteiger partial charge in [0.1, 0.15) is 10.9 Å². The summed E-state index contributed by atoms with van der Waals surface area (Å²) < 4.78 is 90.3. The molecule has 3 aromatic rings. The molecule has 0 radical (unpaired) electrons. The number of carbonyl (C=O) groups excluding carboxylic acids is 4. The Bertz CT molecular complexity index is 2290. The normalized spacial score (nSPS) is 18.8. The molecule has 3 aromatic carbocycles. The van der Waals surface area contributed by atoms with E-state index in [1.807, 2.05) is 30.3 Å². The Hall–Kier alpha value is -4.54. The third-order valence-corrected chi connectivity index (χ3v) is 14.0. The molecule has 21 heteroatoms. The molecule has 6 rings (SSSR count). The molecule has 0 saturated carbocycles. The Morgan fingerprint density at radius 2 is 1.53 bits per heavy atom. The van der Waals surface area contributed by atoms with Gasteiger partial charge in [0, 0.05) is 68.1 Å². The standard InChI is InChI=1S/C38H44F3N7O8S3/c39-38(40,41)58(53,54)33-23-28(59(42,55)56)9-11-31(33)44-26(24-57-27-6-2-1-3-7-27)14-17-47-20-18-46(19-21-47)16-5-4-15-43-25-8-10-29-30(22-25)37(52)48(36(29)51)32-12-13-34(49)45-35(32)50/h1-3,6-11,22-23,26,32,43-44H,4-5,12-21,24H2,(H2,42,55,56)(H,45,49,50)/t26-,32?/m1/s1. The molecule has 5 N–H and O–H groups in total. The van der Waals surface area contributed by atoms with Crippen molar-refractivity contribution in [2.75, 3.05) is 62.2 Å². The minimum absolute atomic E-state index is 0.0441. The van der Waals surface area contributed by atoms with Crippen molar-refractivity contribution in [3.8, 4) is 0 Å². The average Bonchev–Trinajstić information content (AvgIpc) is 3.43. The molecule has 59 heavy (non-hydrogen) atoms. The van der Waals surface area contributed by atoms with Crippen molar-refractivity contribution >= 4 is 66.6 Å². The molecule has 318 valence electrons. The number of alkyl halides is 3. The third-order valence-electron chi connectivity index (χ3n) is 10.4. The van der Waals surface area contributed by atoms with Gasteiger partial charge in [-0.15, -0.1) is 11.8 Å². The van der Waals surface area contributed by atoms with Crippen molar-refractivity contribution < 1.29 is 49.2 Å². The van der Waals surface area contributed by atoms with E-state index >= 15 is 0 Å². The molecule has 3 aliphatic heterocycles. The summed E-state index contributed by atoms with van der Waals surface area (Å²) in [7, 11) is -10.4. The lowest BCUT2D eigenvalue weighted by atomic mass is 10.0. The number of thioether (sulfide) groups is 1. The molecule has 2 fully saturated rings. The Balaban J connectivity index is 0.983. The van der Waals surface area contributed by atoms with Crippen LogP contribution >= 0.6 is 11.8 Å². The zero-order valence-electron chi connectivity index (χ0n) is 31.7. The highest BCUT2D eigenvalue weighted by Gasteiger charge is 2.49. The number of sulfonamides is 1. The Morgan fingerprint density at radius 1 is 0.847 bits per heavy atom. The van der Waals surface area contributed by atoms with E-state index in [4.69, 9.17) is 5.14 Å². The van der Waals surface area contributed by atoms with Gasteiger partial charge in [-0.3, -0.25) is 29.4 Å². The smallest absolute Gasteiger partial charge is 0.385 e. The van der Waals surface area contributed by atoms with Crippen LogP contribution in [0, 0.1) is 0 Å². The van der Waals surface area contributed by atoms with Crippen molar-refractivity contribution in [1.29, 1.82) is 0 Å². The van der Waals surface area contributed by atoms with Crippen molar-refractivity contribution in [2.45, 2.75) is 64.4 Å². The summed E-state index contributed by atoms with van der Waals surface area (Å²) in [6.07, 6.45) is 2.28. The number of sulfone groups is 1. The van der Waals surface area contributed by atoms with Gasteiger partial charge in [0.25, 0.3) is 21.7 Å². The van der Waals surface area contributed by atoms with Crippen LogP contribution in [0.15, 0.2) is 81.4 Å². The van der Waals surface area contributed by atoms with Crippen LogP contribution in [-0.4, -0.2) is 124 Å². The lowest BCUT2D eigenvalue weighted by Crippen LogP contribution is -2.54. The molecule has 0 bridgehead atoms. The van der Waals surface area contributed by atoms with Crippen LogP contribution in [-0.2, 0) is 29.4 Å². The summed E-state index contributed by atoms with van der Waals surface area (Å²) in [5.41, 5.74) is -4.97. The van der Waals surface area contributed by atoms with Crippen LogP contribution in [0.25, 0.3) is 0 Å². The molecule has 2 saturated heterocycles. The number of nitrogens with zero attached hydrogens (tertiary/aromatic N) is 3. The topological polar surface area (TPSA) is 208 Å². The Labute approximate surface area is 344 Å². The molecule has 0 aromatic heterocycles. The summed E-state index contributed by atoms with van der Waals surface area (Å²) in [5.74, 6) is -1.85. The molecule has 1 unspecified atom stereocenters. The number of hydrogen-bond acceptors (Lipinski definition) is 13. The van der Waals surface area contributed by atoms with Crippen LogP contribution in [0.1, 0.15) is 52.8 Å². The Morgan fingerprint density at radius 3 is 2.19 bits per heavy atom. The molecule has 0 aliphatic carbocycles. The van der Waals surface area contributed by atoms with E-state index in [0.717, 1.165) is 67.5 Å². The maximum absolute atomic E-state index is 13.7. The average molecular weight is 880 g/mol. The van der Waals surface area contributed by atoms with Crippen molar-refractivity contribution in [2.24, 2.45) is 5.14 Å². The number of anilines is 2. The van der Waals surface area contributed by atoms with E-state index in [2.05, 4.69) is 25.8 Å². The second-order valence-corrected chi connectivity index (χ2v) is 19.0. The SMILES string of the molecule is NS(=O)(=O)c1ccc(N[C@H](CCN2CCN(CCCCNc3ccc4c(c3)C(=O)N(C3CCC(=O)NC3=O)C4=O)CC2)CSc2ccccc2)c(S(=O)(=O)C(F)(F)F)c1. The van der Waals surface area contributed by atoms with Gasteiger partial charge in [0.05, 0.1) is 21.7 Å². The molecule has 4 amide bonds. The van der Waals surface area contributed by atoms with Gasteiger partial charge in [-0.1, -0.05) is 18.2 Å².